The number of halogens is 3. The molecule has 0 aliphatic rings. The Morgan fingerprint density at radius 3 is 1.72 bits per heavy atom. The molecular weight excluding hydrogens is 752 g/mol. The predicted molar refractivity (Wildman–Crippen MR) is 232 cm³/mol. The average Bonchev–Trinajstić information content (AvgIpc) is 3.80. The molecule has 0 aliphatic carbocycles. The van der Waals surface area contributed by atoms with E-state index in [2.05, 4.69) is 29.1 Å². The fourth-order valence-corrected chi connectivity index (χ4v) is 8.54. The number of benzene rings is 8. The third-order valence-corrected chi connectivity index (χ3v) is 11.2. The van der Waals surface area contributed by atoms with E-state index < -0.39 is 11.7 Å². The zero-order valence-corrected chi connectivity index (χ0v) is 31.5. The van der Waals surface area contributed by atoms with Crippen LogP contribution >= 0.6 is 0 Å². The van der Waals surface area contributed by atoms with Gasteiger partial charge in [0.1, 0.15) is 6.07 Å². The molecule has 8 heteroatoms. The summed E-state index contributed by atoms with van der Waals surface area (Å²) in [6, 6.07) is 55.9. The molecule has 282 valence electrons. The van der Waals surface area contributed by atoms with E-state index in [1.54, 1.807) is 30.3 Å². The number of fused-ring (bicyclic) bond motifs is 6. The summed E-state index contributed by atoms with van der Waals surface area (Å²) in [7, 11) is 0. The molecule has 10 aromatic rings. The van der Waals surface area contributed by atoms with E-state index in [1.165, 1.54) is 12.1 Å². The van der Waals surface area contributed by atoms with Crippen molar-refractivity contribution >= 4 is 49.3 Å². The molecule has 0 unspecified atom stereocenters. The van der Waals surface area contributed by atoms with Crippen LogP contribution in [0, 0.1) is 29.2 Å². The van der Waals surface area contributed by atoms with E-state index in [0.717, 1.165) is 71.9 Å². The van der Waals surface area contributed by atoms with Gasteiger partial charge in [0.05, 0.1) is 62.8 Å². The molecule has 0 saturated heterocycles. The fraction of sp³-hybridized carbons (Fsp3) is 0.0192. The van der Waals surface area contributed by atoms with Crippen LogP contribution in [0.4, 0.5) is 18.9 Å². The first-order valence-corrected chi connectivity index (χ1v) is 19.1. The van der Waals surface area contributed by atoms with Crippen molar-refractivity contribution in [2.24, 2.45) is 0 Å². The largest absolute Gasteiger partial charge is 0.416 e. The summed E-state index contributed by atoms with van der Waals surface area (Å²) in [6.45, 7) is 7.53. The van der Waals surface area contributed by atoms with Crippen molar-refractivity contribution in [3.63, 3.8) is 0 Å². The van der Waals surface area contributed by atoms with Crippen LogP contribution in [0.5, 0.6) is 0 Å². The first kappa shape index (κ1) is 36.0. The van der Waals surface area contributed by atoms with Gasteiger partial charge in [-0.15, -0.1) is 0 Å². The van der Waals surface area contributed by atoms with Crippen LogP contribution in [-0.2, 0) is 6.18 Å². The maximum atomic E-state index is 14.8. The van der Waals surface area contributed by atoms with E-state index in [-0.39, 0.29) is 0 Å². The van der Waals surface area contributed by atoms with Gasteiger partial charge in [-0.1, -0.05) is 91.0 Å². The highest BCUT2D eigenvalue weighted by atomic mass is 19.4. The number of aromatic nitrogens is 2. The second-order valence-electron chi connectivity index (χ2n) is 14.6. The van der Waals surface area contributed by atoms with Crippen molar-refractivity contribution in [3.8, 4) is 56.9 Å². The predicted octanol–water partition coefficient (Wildman–Crippen LogP) is 14.2. The summed E-state index contributed by atoms with van der Waals surface area (Å²) >= 11 is 0. The molecule has 0 amide bonds. The Bertz CT molecular complexity index is 3530. The van der Waals surface area contributed by atoms with Crippen LogP contribution in [0.3, 0.4) is 0 Å². The summed E-state index contributed by atoms with van der Waals surface area (Å²) < 4.78 is 48.3. The summed E-state index contributed by atoms with van der Waals surface area (Å²) in [5.41, 5.74) is 8.90. The van der Waals surface area contributed by atoms with Gasteiger partial charge >= 0.3 is 6.18 Å². The molecule has 0 aliphatic heterocycles. The molecule has 5 nitrogen and oxygen atoms in total. The molecule has 8 aromatic carbocycles. The Hall–Kier alpha value is -8.38. The molecule has 10 rings (SSSR count). The molecule has 2 heterocycles. The smallest absolute Gasteiger partial charge is 0.309 e. The van der Waals surface area contributed by atoms with Gasteiger partial charge in [-0.2, -0.15) is 23.7 Å². The standard InChI is InChI=1S/C52H28F3N5/c1-58-39-13-7-11-34(26-39)36-20-23-50-44(28-36)41-15-3-5-18-47(41)60(50)51-37(31-57)12-8-16-42(51)45-29-38(52(53,54)55)21-24-49(45)59-46-17-4-2-14-40(46)43-27-35(19-22-48(43)59)33-10-6-9-32(25-33)30-56/h2-29H. The number of hydrogen-bond donors (Lipinski definition) is 0. The Morgan fingerprint density at radius 2 is 1.07 bits per heavy atom. The van der Waals surface area contributed by atoms with E-state index in [9.17, 15) is 23.7 Å². The van der Waals surface area contributed by atoms with Crippen LogP contribution in [0.15, 0.2) is 170 Å². The first-order chi connectivity index (χ1) is 29.2. The first-order valence-electron chi connectivity index (χ1n) is 19.1. The zero-order chi connectivity index (χ0) is 41.1. The van der Waals surface area contributed by atoms with E-state index in [4.69, 9.17) is 6.57 Å². The number of nitriles is 2. The summed E-state index contributed by atoms with van der Waals surface area (Å²) in [5, 5.41) is 23.9. The highest BCUT2D eigenvalue weighted by Crippen LogP contribution is 2.45. The molecule has 0 atom stereocenters. The van der Waals surface area contributed by atoms with Crippen molar-refractivity contribution in [1.82, 2.24) is 9.13 Å². The van der Waals surface area contributed by atoms with Crippen molar-refractivity contribution < 1.29 is 13.2 Å². The molecule has 2 aromatic heterocycles. The maximum Gasteiger partial charge on any atom is 0.416 e. The molecule has 0 spiro atoms. The van der Waals surface area contributed by atoms with Gasteiger partial charge in [0.25, 0.3) is 0 Å². The topological polar surface area (TPSA) is 61.8 Å². The zero-order valence-electron chi connectivity index (χ0n) is 31.5. The molecule has 0 radical (unpaired) electrons. The molecular formula is C52H28F3N5. The van der Waals surface area contributed by atoms with Gasteiger partial charge in [0.15, 0.2) is 5.69 Å². The third kappa shape index (κ3) is 5.77. The quantitative estimate of drug-likeness (QED) is 0.163. The van der Waals surface area contributed by atoms with Gasteiger partial charge in [-0.25, -0.2) is 4.85 Å². The second-order valence-corrected chi connectivity index (χ2v) is 14.6. The van der Waals surface area contributed by atoms with E-state index >= 15 is 0 Å². The molecule has 0 bridgehead atoms. The highest BCUT2D eigenvalue weighted by Gasteiger charge is 2.32. The number of alkyl halides is 3. The van der Waals surface area contributed by atoms with E-state index in [1.807, 2.05) is 118 Å². The fourth-order valence-electron chi connectivity index (χ4n) is 8.54. The number of nitrogens with zero attached hydrogens (tertiary/aromatic N) is 5. The minimum Gasteiger partial charge on any atom is -0.309 e. The number of para-hydroxylation sites is 3. The van der Waals surface area contributed by atoms with Gasteiger partial charge < -0.3 is 9.13 Å². The number of rotatable bonds is 5. The lowest BCUT2D eigenvalue weighted by Gasteiger charge is -2.21. The SMILES string of the molecule is [C-]#[N+]c1cccc(-c2ccc3c(c2)c2ccccc2n3-c2c(C#N)cccc2-c2cc(C(F)(F)F)ccc2-n2c3ccccc3c3cc(-c4cccc(C#N)c4)ccc32)c1. The number of hydrogen-bond acceptors (Lipinski definition) is 2. The van der Waals surface area contributed by atoms with Crippen LogP contribution in [0.25, 0.3) is 93.2 Å². The van der Waals surface area contributed by atoms with Crippen molar-refractivity contribution in [2.75, 3.05) is 0 Å². The third-order valence-electron chi connectivity index (χ3n) is 11.2. The van der Waals surface area contributed by atoms with E-state index in [0.29, 0.717) is 39.3 Å². The maximum absolute atomic E-state index is 14.8. The summed E-state index contributed by atoms with van der Waals surface area (Å²) in [6.07, 6.45) is -4.65. The lowest BCUT2D eigenvalue weighted by Crippen LogP contribution is -2.08. The molecule has 0 saturated carbocycles. The second kappa shape index (κ2) is 13.9. The van der Waals surface area contributed by atoms with Crippen LogP contribution < -0.4 is 0 Å². The molecule has 0 fully saturated rings. The normalized spacial score (nSPS) is 11.5. The Labute approximate surface area is 342 Å². The van der Waals surface area contributed by atoms with Crippen LogP contribution in [0.1, 0.15) is 16.7 Å². The van der Waals surface area contributed by atoms with Gasteiger partial charge in [0.2, 0.25) is 0 Å². The minimum absolute atomic E-state index is 0.291. The average molecular weight is 780 g/mol. The Balaban J connectivity index is 1.26. The summed E-state index contributed by atoms with van der Waals surface area (Å²) in [4.78, 5) is 3.61. The monoisotopic (exact) mass is 779 g/mol. The lowest BCUT2D eigenvalue weighted by atomic mass is 9.96. The van der Waals surface area contributed by atoms with Crippen molar-refractivity contribution in [1.29, 1.82) is 10.5 Å². The van der Waals surface area contributed by atoms with Crippen molar-refractivity contribution in [3.05, 3.63) is 198 Å². The van der Waals surface area contributed by atoms with Crippen LogP contribution in [0.2, 0.25) is 0 Å². The highest BCUT2D eigenvalue weighted by molar-refractivity contribution is 6.13. The van der Waals surface area contributed by atoms with Crippen LogP contribution in [-0.4, -0.2) is 9.13 Å². The summed E-state index contributed by atoms with van der Waals surface area (Å²) in [5.74, 6) is 0. The van der Waals surface area contributed by atoms with Gasteiger partial charge in [-0.05, 0) is 101 Å². The molecule has 60 heavy (non-hydrogen) atoms. The Morgan fingerprint density at radius 1 is 0.483 bits per heavy atom. The molecule has 0 N–H and O–H groups in total. The minimum atomic E-state index is -4.65. The Kier molecular flexibility index (Phi) is 8.35. The lowest BCUT2D eigenvalue weighted by molar-refractivity contribution is -0.137. The van der Waals surface area contributed by atoms with Gasteiger partial charge in [0, 0.05) is 32.7 Å². The van der Waals surface area contributed by atoms with Gasteiger partial charge in [-0.3, -0.25) is 0 Å². The van der Waals surface area contributed by atoms with Crippen molar-refractivity contribution in [2.45, 2.75) is 6.18 Å².